The van der Waals surface area contributed by atoms with Crippen LogP contribution in [0.2, 0.25) is 0 Å². The predicted molar refractivity (Wildman–Crippen MR) is 69.2 cm³/mol. The van der Waals surface area contributed by atoms with Gasteiger partial charge in [-0.1, -0.05) is 12.1 Å². The molecule has 20 heavy (non-hydrogen) atoms. The third-order valence-corrected chi connectivity index (χ3v) is 2.23. The number of carbonyl (C=O) groups excluding carboxylic acids is 3. The Kier molecular flexibility index (Phi) is 6.18. The van der Waals surface area contributed by atoms with E-state index in [1.165, 1.54) is 20.3 Å². The Balaban J connectivity index is 2.62. The molecule has 0 atom stereocenters. The normalized spacial score (nSPS) is 9.70. The molecule has 7 nitrogen and oxygen atoms in total. The highest BCUT2D eigenvalue weighted by atomic mass is 16.6. The molecular weight excluding hydrogens is 266 g/mol. The highest BCUT2D eigenvalue weighted by Crippen LogP contribution is 2.15. The molecule has 0 heterocycles. The lowest BCUT2D eigenvalue weighted by Crippen LogP contribution is -2.23. The number of esters is 2. The molecule has 1 N–H and O–H groups in total. The number of rotatable bonds is 6. The molecule has 0 saturated carbocycles. The van der Waals surface area contributed by atoms with Gasteiger partial charge in [0.15, 0.2) is 6.61 Å². The zero-order chi connectivity index (χ0) is 15.0. The smallest absolute Gasteiger partial charge is 0.339 e. The molecule has 0 spiro atoms. The van der Waals surface area contributed by atoms with Crippen molar-refractivity contribution in [2.75, 3.05) is 32.8 Å². The van der Waals surface area contributed by atoms with Crippen molar-refractivity contribution in [3.8, 4) is 0 Å². The number of nitrogens with one attached hydrogen (secondary N) is 1. The van der Waals surface area contributed by atoms with Crippen molar-refractivity contribution in [3.05, 3.63) is 29.8 Å². The van der Waals surface area contributed by atoms with Gasteiger partial charge in [0.05, 0.1) is 18.4 Å². The maximum absolute atomic E-state index is 11.6. The van der Waals surface area contributed by atoms with E-state index in [1.54, 1.807) is 18.2 Å². The van der Waals surface area contributed by atoms with Gasteiger partial charge in [-0.25, -0.2) is 9.59 Å². The van der Waals surface area contributed by atoms with Gasteiger partial charge in [0.25, 0.3) is 5.91 Å². The fraction of sp³-hybridized carbons (Fsp3) is 0.308. The minimum Gasteiger partial charge on any atom is -0.465 e. The second kappa shape index (κ2) is 7.90. The fourth-order valence-electron chi connectivity index (χ4n) is 1.37. The SMILES string of the molecule is COCC(=O)OCC(=O)Nc1ccccc1C(=O)OC. The summed E-state index contributed by atoms with van der Waals surface area (Å²) in [7, 11) is 2.58. The summed E-state index contributed by atoms with van der Waals surface area (Å²) in [5.74, 6) is -1.79. The van der Waals surface area contributed by atoms with Crippen molar-refractivity contribution in [2.45, 2.75) is 0 Å². The van der Waals surface area contributed by atoms with Crippen molar-refractivity contribution >= 4 is 23.5 Å². The Labute approximate surface area is 115 Å². The van der Waals surface area contributed by atoms with Crippen LogP contribution < -0.4 is 5.32 Å². The number of methoxy groups -OCH3 is 2. The van der Waals surface area contributed by atoms with E-state index in [2.05, 4.69) is 19.5 Å². The van der Waals surface area contributed by atoms with Crippen molar-refractivity contribution in [1.29, 1.82) is 0 Å². The molecule has 1 amide bonds. The van der Waals surface area contributed by atoms with Crippen LogP contribution in [0.4, 0.5) is 5.69 Å². The predicted octanol–water partition coefficient (Wildman–Crippen LogP) is 0.601. The first kappa shape index (κ1) is 15.6. The van der Waals surface area contributed by atoms with Crippen LogP contribution in [0, 0.1) is 0 Å². The second-order valence-corrected chi connectivity index (χ2v) is 3.68. The highest BCUT2D eigenvalue weighted by Gasteiger charge is 2.14. The molecule has 0 fully saturated rings. The van der Waals surface area contributed by atoms with Crippen LogP contribution in [0.3, 0.4) is 0 Å². The molecular formula is C13H15NO6. The van der Waals surface area contributed by atoms with E-state index in [9.17, 15) is 14.4 Å². The van der Waals surface area contributed by atoms with E-state index in [-0.39, 0.29) is 17.9 Å². The van der Waals surface area contributed by atoms with Crippen LogP contribution in [-0.2, 0) is 23.8 Å². The molecule has 0 bridgehead atoms. The lowest BCUT2D eigenvalue weighted by Gasteiger charge is -2.09. The van der Waals surface area contributed by atoms with Crippen LogP contribution in [0.15, 0.2) is 24.3 Å². The van der Waals surface area contributed by atoms with Gasteiger partial charge < -0.3 is 19.5 Å². The van der Waals surface area contributed by atoms with Gasteiger partial charge in [0.2, 0.25) is 0 Å². The van der Waals surface area contributed by atoms with Crippen LogP contribution in [0.25, 0.3) is 0 Å². The summed E-state index contributed by atoms with van der Waals surface area (Å²) in [6.07, 6.45) is 0. The quantitative estimate of drug-likeness (QED) is 0.768. The van der Waals surface area contributed by atoms with Crippen molar-refractivity contribution < 1.29 is 28.6 Å². The molecule has 7 heteroatoms. The fourth-order valence-corrected chi connectivity index (χ4v) is 1.37. The van der Waals surface area contributed by atoms with Gasteiger partial charge in [-0.3, -0.25) is 4.79 Å². The molecule has 1 aromatic carbocycles. The first-order chi connectivity index (χ1) is 9.58. The summed E-state index contributed by atoms with van der Waals surface area (Å²) in [6, 6.07) is 6.35. The van der Waals surface area contributed by atoms with E-state index in [0.29, 0.717) is 0 Å². The van der Waals surface area contributed by atoms with Gasteiger partial charge in [-0.15, -0.1) is 0 Å². The Morgan fingerprint density at radius 1 is 1.10 bits per heavy atom. The molecule has 0 aromatic heterocycles. The van der Waals surface area contributed by atoms with Crippen LogP contribution in [0.1, 0.15) is 10.4 Å². The zero-order valence-corrected chi connectivity index (χ0v) is 11.2. The van der Waals surface area contributed by atoms with Gasteiger partial charge in [-0.05, 0) is 12.1 Å². The first-order valence-electron chi connectivity index (χ1n) is 5.70. The van der Waals surface area contributed by atoms with E-state index in [4.69, 9.17) is 0 Å². The largest absolute Gasteiger partial charge is 0.465 e. The monoisotopic (exact) mass is 281 g/mol. The van der Waals surface area contributed by atoms with Gasteiger partial charge in [0, 0.05) is 7.11 Å². The van der Waals surface area contributed by atoms with Gasteiger partial charge >= 0.3 is 11.9 Å². The second-order valence-electron chi connectivity index (χ2n) is 3.68. The molecule has 0 radical (unpaired) electrons. The van der Waals surface area contributed by atoms with Gasteiger partial charge in [-0.2, -0.15) is 0 Å². The van der Waals surface area contributed by atoms with Crippen molar-refractivity contribution in [2.24, 2.45) is 0 Å². The summed E-state index contributed by atoms with van der Waals surface area (Å²) in [5, 5.41) is 2.47. The Morgan fingerprint density at radius 2 is 1.80 bits per heavy atom. The minimum absolute atomic E-state index is 0.214. The van der Waals surface area contributed by atoms with E-state index in [1.807, 2.05) is 0 Å². The Bertz CT molecular complexity index is 499. The summed E-state index contributed by atoms with van der Waals surface area (Å²) in [6.45, 7) is -0.691. The summed E-state index contributed by atoms with van der Waals surface area (Å²) < 4.78 is 13.8. The summed E-state index contributed by atoms with van der Waals surface area (Å²) in [5.41, 5.74) is 0.499. The number of carbonyl (C=O) groups is 3. The average molecular weight is 281 g/mol. The maximum atomic E-state index is 11.6. The third-order valence-electron chi connectivity index (χ3n) is 2.23. The topological polar surface area (TPSA) is 90.9 Å². The van der Waals surface area contributed by atoms with Crippen molar-refractivity contribution in [1.82, 2.24) is 0 Å². The number of anilines is 1. The standard InChI is InChI=1S/C13H15NO6/c1-18-8-12(16)20-7-11(15)14-10-6-4-3-5-9(10)13(17)19-2/h3-6H,7-8H2,1-2H3,(H,14,15). The number of ether oxygens (including phenoxy) is 3. The number of para-hydroxylation sites is 1. The number of benzene rings is 1. The van der Waals surface area contributed by atoms with Crippen LogP contribution in [0.5, 0.6) is 0 Å². The lowest BCUT2D eigenvalue weighted by molar-refractivity contribution is -0.150. The Hall–Kier alpha value is -2.41. The zero-order valence-electron chi connectivity index (χ0n) is 11.2. The number of hydrogen-bond donors (Lipinski definition) is 1. The first-order valence-corrected chi connectivity index (χ1v) is 5.70. The van der Waals surface area contributed by atoms with Crippen LogP contribution >= 0.6 is 0 Å². The highest BCUT2D eigenvalue weighted by molar-refractivity contribution is 6.01. The molecule has 0 unspecified atom stereocenters. The third kappa shape index (κ3) is 4.69. The van der Waals surface area contributed by atoms with E-state index in [0.717, 1.165) is 0 Å². The van der Waals surface area contributed by atoms with E-state index < -0.39 is 24.5 Å². The summed E-state index contributed by atoms with van der Waals surface area (Å²) in [4.78, 5) is 34.1. The molecule has 108 valence electrons. The molecule has 1 rings (SSSR count). The number of amides is 1. The Morgan fingerprint density at radius 3 is 2.45 bits per heavy atom. The summed E-state index contributed by atoms with van der Waals surface area (Å²) >= 11 is 0. The molecule has 0 aliphatic heterocycles. The molecule has 1 aromatic rings. The molecule has 0 aliphatic carbocycles. The maximum Gasteiger partial charge on any atom is 0.339 e. The van der Waals surface area contributed by atoms with Crippen molar-refractivity contribution in [3.63, 3.8) is 0 Å². The number of hydrogen-bond acceptors (Lipinski definition) is 6. The average Bonchev–Trinajstić information content (AvgIpc) is 2.45. The minimum atomic E-state index is -0.649. The lowest BCUT2D eigenvalue weighted by atomic mass is 10.2. The van der Waals surface area contributed by atoms with Crippen LogP contribution in [-0.4, -0.2) is 45.3 Å². The molecule has 0 aliphatic rings. The molecule has 0 saturated heterocycles. The van der Waals surface area contributed by atoms with Gasteiger partial charge in [0.1, 0.15) is 6.61 Å². The van der Waals surface area contributed by atoms with E-state index >= 15 is 0 Å².